The number of hydrogen-bond donors (Lipinski definition) is 0. The normalized spacial score (nSPS) is 11.0. The molecule has 0 aliphatic rings. The fourth-order valence-corrected chi connectivity index (χ4v) is 2.14. The van der Waals surface area contributed by atoms with E-state index in [1.54, 1.807) is 12.2 Å². The van der Waals surface area contributed by atoms with Crippen LogP contribution in [-0.4, -0.2) is 31.0 Å². The minimum atomic E-state index is 0.276. The average molecular weight is 292 g/mol. The van der Waals surface area contributed by atoms with Gasteiger partial charge in [-0.1, -0.05) is 12.5 Å². The predicted molar refractivity (Wildman–Crippen MR) is 81.6 cm³/mol. The molecule has 0 bridgehead atoms. The number of ketones is 1. The number of carbonyl (C=O) groups is 1. The molecule has 0 aromatic carbocycles. The van der Waals surface area contributed by atoms with Crippen molar-refractivity contribution in [3.63, 3.8) is 0 Å². The zero-order valence-corrected chi connectivity index (χ0v) is 12.6. The SMILES string of the molecule is C=CCCC(=O)CCCCC(CCCN=C=O)CN=C=O. The predicted octanol–water partition coefficient (Wildman–Crippen LogP) is 3.15. The fraction of sp³-hybridized carbons (Fsp3) is 0.688. The van der Waals surface area contributed by atoms with Crippen molar-refractivity contribution in [1.82, 2.24) is 0 Å². The molecular formula is C16H24N2O3. The molecule has 5 heteroatoms. The Hall–Kier alpha value is -1.83. The third-order valence-corrected chi connectivity index (χ3v) is 3.31. The van der Waals surface area contributed by atoms with Crippen LogP contribution in [0.4, 0.5) is 0 Å². The van der Waals surface area contributed by atoms with Crippen molar-refractivity contribution in [3.05, 3.63) is 12.7 Å². The van der Waals surface area contributed by atoms with E-state index >= 15 is 0 Å². The highest BCUT2D eigenvalue weighted by Gasteiger charge is 2.09. The van der Waals surface area contributed by atoms with E-state index in [0.717, 1.165) is 38.5 Å². The average Bonchev–Trinajstić information content (AvgIpc) is 2.50. The van der Waals surface area contributed by atoms with Crippen LogP contribution < -0.4 is 0 Å². The van der Waals surface area contributed by atoms with Gasteiger partial charge in [0.25, 0.3) is 0 Å². The summed E-state index contributed by atoms with van der Waals surface area (Å²) in [6.07, 6.45) is 11.1. The number of aliphatic imine (C=N–C) groups is 2. The summed E-state index contributed by atoms with van der Waals surface area (Å²) in [7, 11) is 0. The van der Waals surface area contributed by atoms with Crippen molar-refractivity contribution < 1.29 is 14.4 Å². The first-order chi connectivity index (χ1) is 10.2. The van der Waals surface area contributed by atoms with Crippen molar-refractivity contribution in [2.24, 2.45) is 15.9 Å². The van der Waals surface area contributed by atoms with Gasteiger partial charge in [-0.15, -0.1) is 6.58 Å². The molecule has 1 atom stereocenters. The van der Waals surface area contributed by atoms with E-state index in [0.29, 0.717) is 25.9 Å². The molecule has 0 rings (SSSR count). The van der Waals surface area contributed by atoms with E-state index in [2.05, 4.69) is 16.6 Å². The van der Waals surface area contributed by atoms with E-state index in [1.165, 1.54) is 6.08 Å². The summed E-state index contributed by atoms with van der Waals surface area (Å²) in [4.78, 5) is 38.8. The molecule has 0 aliphatic carbocycles. The van der Waals surface area contributed by atoms with Gasteiger partial charge in [0.05, 0.1) is 13.1 Å². The molecule has 0 amide bonds. The van der Waals surface area contributed by atoms with Gasteiger partial charge in [0.2, 0.25) is 12.2 Å². The van der Waals surface area contributed by atoms with Crippen LogP contribution in [0.15, 0.2) is 22.6 Å². The van der Waals surface area contributed by atoms with Gasteiger partial charge in [0, 0.05) is 12.8 Å². The smallest absolute Gasteiger partial charge is 0.234 e. The molecule has 0 spiro atoms. The molecule has 21 heavy (non-hydrogen) atoms. The van der Waals surface area contributed by atoms with E-state index in [9.17, 15) is 14.4 Å². The quantitative estimate of drug-likeness (QED) is 0.213. The van der Waals surface area contributed by atoms with Gasteiger partial charge in [0.1, 0.15) is 5.78 Å². The molecule has 0 aromatic rings. The van der Waals surface area contributed by atoms with Crippen LogP contribution in [0.25, 0.3) is 0 Å². The summed E-state index contributed by atoms with van der Waals surface area (Å²) in [6.45, 7) is 4.52. The highest BCUT2D eigenvalue weighted by molar-refractivity contribution is 5.78. The van der Waals surface area contributed by atoms with Crippen LogP contribution in [0.5, 0.6) is 0 Å². The lowest BCUT2D eigenvalue weighted by Crippen LogP contribution is -2.06. The summed E-state index contributed by atoms with van der Waals surface area (Å²) in [5, 5.41) is 0. The third kappa shape index (κ3) is 12.9. The second-order valence-corrected chi connectivity index (χ2v) is 5.03. The first-order valence-electron chi connectivity index (χ1n) is 7.44. The van der Waals surface area contributed by atoms with Crippen molar-refractivity contribution >= 4 is 17.9 Å². The van der Waals surface area contributed by atoms with E-state index < -0.39 is 0 Å². The Kier molecular flexibility index (Phi) is 13.3. The van der Waals surface area contributed by atoms with E-state index in [-0.39, 0.29) is 11.7 Å². The van der Waals surface area contributed by atoms with Gasteiger partial charge in [0.15, 0.2) is 0 Å². The fourth-order valence-electron chi connectivity index (χ4n) is 2.14. The Bertz CT molecular complexity index is 394. The highest BCUT2D eigenvalue weighted by atomic mass is 16.1. The van der Waals surface area contributed by atoms with E-state index in [4.69, 9.17) is 0 Å². The minimum absolute atomic E-state index is 0.276. The molecule has 0 N–H and O–H groups in total. The van der Waals surface area contributed by atoms with Crippen molar-refractivity contribution in [3.8, 4) is 0 Å². The van der Waals surface area contributed by atoms with Crippen LogP contribution in [0.2, 0.25) is 0 Å². The molecule has 0 aliphatic heterocycles. The van der Waals surface area contributed by atoms with Gasteiger partial charge in [-0.2, -0.15) is 0 Å². The second-order valence-electron chi connectivity index (χ2n) is 5.03. The molecule has 0 radical (unpaired) electrons. The second kappa shape index (κ2) is 14.6. The monoisotopic (exact) mass is 292 g/mol. The van der Waals surface area contributed by atoms with Gasteiger partial charge < -0.3 is 0 Å². The Morgan fingerprint density at radius 3 is 2.43 bits per heavy atom. The first kappa shape index (κ1) is 19.2. The molecule has 0 aromatic heterocycles. The molecule has 0 saturated carbocycles. The zero-order valence-electron chi connectivity index (χ0n) is 12.6. The number of allylic oxidation sites excluding steroid dienone is 1. The molecule has 0 heterocycles. The van der Waals surface area contributed by atoms with Crippen LogP contribution in [-0.2, 0) is 14.4 Å². The molecule has 0 saturated heterocycles. The Balaban J connectivity index is 3.88. The third-order valence-electron chi connectivity index (χ3n) is 3.31. The Morgan fingerprint density at radius 2 is 1.76 bits per heavy atom. The molecule has 5 nitrogen and oxygen atoms in total. The Morgan fingerprint density at radius 1 is 1.05 bits per heavy atom. The van der Waals surface area contributed by atoms with Gasteiger partial charge in [-0.25, -0.2) is 19.6 Å². The lowest BCUT2D eigenvalue weighted by Gasteiger charge is -2.12. The number of Topliss-reactive ketones (excluding diaryl/α,β-unsaturated/α-hetero) is 1. The number of carbonyl (C=O) groups excluding carboxylic acids is 3. The molecule has 1 unspecified atom stereocenters. The number of rotatable bonds is 14. The minimum Gasteiger partial charge on any atom is -0.300 e. The van der Waals surface area contributed by atoms with Gasteiger partial charge in [-0.3, -0.25) is 4.79 Å². The summed E-state index contributed by atoms with van der Waals surface area (Å²) in [6, 6.07) is 0. The van der Waals surface area contributed by atoms with Crippen molar-refractivity contribution in [2.75, 3.05) is 13.1 Å². The maximum Gasteiger partial charge on any atom is 0.234 e. The number of unbranched alkanes of at least 4 members (excludes halogenated alkanes) is 1. The molecule has 116 valence electrons. The largest absolute Gasteiger partial charge is 0.300 e. The lowest BCUT2D eigenvalue weighted by molar-refractivity contribution is -0.119. The first-order valence-corrected chi connectivity index (χ1v) is 7.44. The van der Waals surface area contributed by atoms with Crippen LogP contribution in [0, 0.1) is 5.92 Å². The van der Waals surface area contributed by atoms with E-state index in [1.807, 2.05) is 0 Å². The van der Waals surface area contributed by atoms with Crippen LogP contribution in [0.1, 0.15) is 51.4 Å². The van der Waals surface area contributed by atoms with Crippen molar-refractivity contribution in [2.45, 2.75) is 51.4 Å². The maximum atomic E-state index is 11.5. The summed E-state index contributed by atoms with van der Waals surface area (Å²) >= 11 is 0. The number of hydrogen-bond acceptors (Lipinski definition) is 5. The van der Waals surface area contributed by atoms with Crippen LogP contribution in [0.3, 0.4) is 0 Å². The van der Waals surface area contributed by atoms with Crippen LogP contribution >= 0.6 is 0 Å². The van der Waals surface area contributed by atoms with Crippen molar-refractivity contribution in [1.29, 1.82) is 0 Å². The van der Waals surface area contributed by atoms with Gasteiger partial charge in [-0.05, 0) is 38.0 Å². The summed E-state index contributed by atoms with van der Waals surface area (Å²) in [5.74, 6) is 0.564. The van der Waals surface area contributed by atoms with Gasteiger partial charge >= 0.3 is 0 Å². The maximum absolute atomic E-state index is 11.5. The number of nitrogens with zero attached hydrogens (tertiary/aromatic N) is 2. The summed E-state index contributed by atoms with van der Waals surface area (Å²) < 4.78 is 0. The topological polar surface area (TPSA) is 75.9 Å². The Labute approximate surface area is 126 Å². The highest BCUT2D eigenvalue weighted by Crippen LogP contribution is 2.17. The zero-order chi connectivity index (χ0) is 15.8. The molecule has 0 fully saturated rings. The summed E-state index contributed by atoms with van der Waals surface area (Å²) in [5.41, 5.74) is 0. The molecular weight excluding hydrogens is 268 g/mol. The standard InChI is InChI=1S/C16H24N2O3/c1-2-3-9-16(21)10-5-4-7-15(12-18-14-20)8-6-11-17-13-19/h2,15H,1,3-12H2. The lowest BCUT2D eigenvalue weighted by atomic mass is 9.95. The number of isocyanates is 2.